The van der Waals surface area contributed by atoms with Gasteiger partial charge in [-0.15, -0.1) is 11.3 Å². The van der Waals surface area contributed by atoms with E-state index in [9.17, 15) is 9.59 Å². The molecule has 0 radical (unpaired) electrons. The van der Waals surface area contributed by atoms with Gasteiger partial charge in [0.2, 0.25) is 11.8 Å². The van der Waals surface area contributed by atoms with Crippen molar-refractivity contribution >= 4 is 38.9 Å². The Morgan fingerprint density at radius 2 is 1.96 bits per heavy atom. The number of fused-ring (bicyclic) bond motifs is 1. The van der Waals surface area contributed by atoms with Gasteiger partial charge in [0.25, 0.3) is 0 Å². The molecule has 0 spiro atoms. The highest BCUT2D eigenvalue weighted by Gasteiger charge is 2.36. The summed E-state index contributed by atoms with van der Waals surface area (Å²) in [7, 11) is 3.42. The maximum atomic E-state index is 13.0. The van der Waals surface area contributed by atoms with Gasteiger partial charge < -0.3 is 14.5 Å². The molecule has 1 unspecified atom stereocenters. The van der Waals surface area contributed by atoms with Crippen molar-refractivity contribution in [3.05, 3.63) is 59.5 Å². The predicted molar refractivity (Wildman–Crippen MR) is 112 cm³/mol. The molecule has 4 rings (SSSR count). The third-order valence-corrected chi connectivity index (χ3v) is 6.22. The van der Waals surface area contributed by atoms with E-state index in [1.807, 2.05) is 43.4 Å². The van der Waals surface area contributed by atoms with Crippen LogP contribution in [-0.2, 0) is 16.1 Å². The summed E-state index contributed by atoms with van der Waals surface area (Å²) in [6.07, 6.45) is 0.250. The van der Waals surface area contributed by atoms with Crippen molar-refractivity contribution in [1.82, 2.24) is 4.90 Å². The number of thiophene rings is 1. The van der Waals surface area contributed by atoms with Crippen molar-refractivity contribution in [3.8, 4) is 5.75 Å². The number of ether oxygens (including phenoxy) is 1. The third kappa shape index (κ3) is 3.47. The molecule has 28 heavy (non-hydrogen) atoms. The van der Waals surface area contributed by atoms with Crippen LogP contribution in [0.1, 0.15) is 12.0 Å². The fraction of sp³-hybridized carbons (Fsp3) is 0.273. The van der Waals surface area contributed by atoms with E-state index in [-0.39, 0.29) is 24.2 Å². The average molecular weight is 394 g/mol. The van der Waals surface area contributed by atoms with Crippen LogP contribution in [0.2, 0.25) is 0 Å². The fourth-order valence-corrected chi connectivity index (χ4v) is 4.64. The van der Waals surface area contributed by atoms with Gasteiger partial charge in [-0.05, 0) is 46.7 Å². The Labute approximate surface area is 168 Å². The summed E-state index contributed by atoms with van der Waals surface area (Å²) in [5.74, 6) is 0.424. The summed E-state index contributed by atoms with van der Waals surface area (Å²) in [6, 6.07) is 15.6. The molecule has 1 saturated heterocycles. The van der Waals surface area contributed by atoms with Crippen LogP contribution in [0.15, 0.2) is 53.9 Å². The number of carbonyl (C=O) groups is 2. The van der Waals surface area contributed by atoms with Crippen molar-refractivity contribution < 1.29 is 14.3 Å². The zero-order valence-electron chi connectivity index (χ0n) is 15.9. The number of hydrogen-bond donors (Lipinski definition) is 0. The maximum absolute atomic E-state index is 13.0. The lowest BCUT2D eigenvalue weighted by molar-refractivity contribution is -0.135. The second kappa shape index (κ2) is 7.64. The van der Waals surface area contributed by atoms with Crippen LogP contribution in [0.3, 0.4) is 0 Å². The first-order chi connectivity index (χ1) is 13.6. The van der Waals surface area contributed by atoms with Gasteiger partial charge in [-0.1, -0.05) is 18.2 Å². The van der Waals surface area contributed by atoms with E-state index in [1.54, 1.807) is 28.2 Å². The standard InChI is InChI=1S/C22H22N2O3S/c1-23(12-16-14-28-20-6-4-3-5-19(16)20)22(26)15-11-21(25)24(13-15)17-7-9-18(27-2)10-8-17/h3-10,14-15H,11-13H2,1-2H3. The SMILES string of the molecule is COc1ccc(N2CC(C(=O)N(C)Cc3csc4ccccc34)CC2=O)cc1. The number of hydrogen-bond acceptors (Lipinski definition) is 4. The molecule has 1 aliphatic rings. The minimum atomic E-state index is -0.315. The van der Waals surface area contributed by atoms with Crippen molar-refractivity contribution in [2.24, 2.45) is 5.92 Å². The molecule has 5 nitrogen and oxygen atoms in total. The quantitative estimate of drug-likeness (QED) is 0.659. The molecule has 1 aliphatic heterocycles. The molecule has 3 aromatic rings. The van der Waals surface area contributed by atoms with Crippen LogP contribution in [0.4, 0.5) is 5.69 Å². The van der Waals surface area contributed by atoms with Crippen molar-refractivity contribution in [1.29, 1.82) is 0 Å². The molecule has 0 bridgehead atoms. The van der Waals surface area contributed by atoms with E-state index in [1.165, 1.54) is 10.1 Å². The second-order valence-corrected chi connectivity index (χ2v) is 7.97. The minimum absolute atomic E-state index is 0.0136. The Kier molecular flexibility index (Phi) is 5.05. The summed E-state index contributed by atoms with van der Waals surface area (Å²) in [5, 5.41) is 3.30. The Hall–Kier alpha value is -2.86. The van der Waals surface area contributed by atoms with E-state index in [0.29, 0.717) is 13.1 Å². The summed E-state index contributed by atoms with van der Waals surface area (Å²) < 4.78 is 6.39. The molecule has 0 N–H and O–H groups in total. The first-order valence-corrected chi connectivity index (χ1v) is 10.1. The van der Waals surface area contributed by atoms with Crippen molar-refractivity contribution in [2.75, 3.05) is 25.6 Å². The average Bonchev–Trinajstić information content (AvgIpc) is 3.31. The van der Waals surface area contributed by atoms with E-state index < -0.39 is 0 Å². The molecule has 2 amide bonds. The Morgan fingerprint density at radius 3 is 2.71 bits per heavy atom. The summed E-state index contributed by atoms with van der Waals surface area (Å²) in [5.41, 5.74) is 1.94. The monoisotopic (exact) mass is 394 g/mol. The van der Waals surface area contributed by atoms with Crippen LogP contribution in [-0.4, -0.2) is 37.4 Å². The number of rotatable bonds is 5. The van der Waals surface area contributed by atoms with Gasteiger partial charge >= 0.3 is 0 Å². The molecule has 0 aliphatic carbocycles. The molecule has 1 atom stereocenters. The summed E-state index contributed by atoms with van der Waals surface area (Å²) >= 11 is 1.69. The zero-order chi connectivity index (χ0) is 19.7. The van der Waals surface area contributed by atoms with E-state index in [0.717, 1.165) is 17.0 Å². The first kappa shape index (κ1) is 18.5. The van der Waals surface area contributed by atoms with E-state index in [4.69, 9.17) is 4.74 Å². The molecule has 6 heteroatoms. The molecule has 2 aromatic carbocycles. The first-order valence-electron chi connectivity index (χ1n) is 9.21. The molecule has 2 heterocycles. The molecule has 144 valence electrons. The summed E-state index contributed by atoms with van der Waals surface area (Å²) in [6.45, 7) is 0.967. The lowest BCUT2D eigenvalue weighted by Crippen LogP contribution is -2.34. The van der Waals surface area contributed by atoms with E-state index >= 15 is 0 Å². The highest BCUT2D eigenvalue weighted by atomic mass is 32.1. The smallest absolute Gasteiger partial charge is 0.228 e. The van der Waals surface area contributed by atoms with Crippen LogP contribution in [0.5, 0.6) is 5.75 Å². The molecular formula is C22H22N2O3S. The van der Waals surface area contributed by atoms with Gasteiger partial charge in [0, 0.05) is 36.9 Å². The van der Waals surface area contributed by atoms with Crippen LogP contribution in [0, 0.1) is 5.92 Å². The topological polar surface area (TPSA) is 49.9 Å². The highest BCUT2D eigenvalue weighted by Crippen LogP contribution is 2.30. The predicted octanol–water partition coefficient (Wildman–Crippen LogP) is 3.92. The number of methoxy groups -OCH3 is 1. The molecule has 1 aromatic heterocycles. The Balaban J connectivity index is 1.45. The number of anilines is 1. The second-order valence-electron chi connectivity index (χ2n) is 7.05. The lowest BCUT2D eigenvalue weighted by Gasteiger charge is -2.21. The largest absolute Gasteiger partial charge is 0.497 e. The fourth-order valence-electron chi connectivity index (χ4n) is 3.69. The van der Waals surface area contributed by atoms with Gasteiger partial charge in [0.05, 0.1) is 13.0 Å². The van der Waals surface area contributed by atoms with Crippen LogP contribution < -0.4 is 9.64 Å². The Morgan fingerprint density at radius 1 is 1.21 bits per heavy atom. The minimum Gasteiger partial charge on any atom is -0.497 e. The number of amides is 2. The van der Waals surface area contributed by atoms with Gasteiger partial charge in [0.15, 0.2) is 0 Å². The molecule has 1 fully saturated rings. The third-order valence-electron chi connectivity index (χ3n) is 5.20. The number of nitrogens with zero attached hydrogens (tertiary/aromatic N) is 2. The van der Waals surface area contributed by atoms with Crippen LogP contribution in [0.25, 0.3) is 10.1 Å². The normalized spacial score (nSPS) is 16.6. The number of benzene rings is 2. The highest BCUT2D eigenvalue weighted by molar-refractivity contribution is 7.17. The van der Waals surface area contributed by atoms with Crippen molar-refractivity contribution in [2.45, 2.75) is 13.0 Å². The van der Waals surface area contributed by atoms with Gasteiger partial charge in [0.1, 0.15) is 5.75 Å². The summed E-state index contributed by atoms with van der Waals surface area (Å²) in [4.78, 5) is 28.9. The zero-order valence-corrected chi connectivity index (χ0v) is 16.7. The van der Waals surface area contributed by atoms with Gasteiger partial charge in [-0.25, -0.2) is 0 Å². The molecule has 0 saturated carbocycles. The van der Waals surface area contributed by atoms with Crippen molar-refractivity contribution in [3.63, 3.8) is 0 Å². The Bertz CT molecular complexity index is 1010. The molecular weight excluding hydrogens is 372 g/mol. The number of carbonyl (C=O) groups excluding carboxylic acids is 2. The maximum Gasteiger partial charge on any atom is 0.228 e. The van der Waals surface area contributed by atoms with Gasteiger partial charge in [-0.3, -0.25) is 9.59 Å². The van der Waals surface area contributed by atoms with E-state index in [2.05, 4.69) is 17.5 Å². The van der Waals surface area contributed by atoms with Crippen LogP contribution >= 0.6 is 11.3 Å². The van der Waals surface area contributed by atoms with Gasteiger partial charge in [-0.2, -0.15) is 0 Å². The lowest BCUT2D eigenvalue weighted by atomic mass is 10.1.